The van der Waals surface area contributed by atoms with Crippen molar-refractivity contribution < 1.29 is 58.0 Å². The van der Waals surface area contributed by atoms with Gasteiger partial charge in [-0.3, -0.25) is 33.6 Å². The van der Waals surface area contributed by atoms with Crippen molar-refractivity contribution in [3.63, 3.8) is 0 Å². The number of rotatable bonds is 30. The molecule has 0 rings (SSSR count). The summed E-state index contributed by atoms with van der Waals surface area (Å²) in [4.78, 5) is 101. The van der Waals surface area contributed by atoms with E-state index in [4.69, 9.17) is 9.47 Å². The van der Waals surface area contributed by atoms with E-state index in [2.05, 4.69) is 26.6 Å². The molecule has 0 heterocycles. The minimum Gasteiger partial charge on any atom is -0.481 e. The summed E-state index contributed by atoms with van der Waals surface area (Å²) >= 11 is 2.02. The van der Waals surface area contributed by atoms with Crippen LogP contribution in [0, 0.1) is 21.7 Å². The summed E-state index contributed by atoms with van der Waals surface area (Å²) in [7, 11) is 0. The molecule has 0 aliphatic carbocycles. The van der Waals surface area contributed by atoms with E-state index in [-0.39, 0.29) is 107 Å². The van der Waals surface area contributed by atoms with Crippen molar-refractivity contribution in [3.05, 3.63) is 0 Å². The molecule has 18 nitrogen and oxygen atoms in total. The minimum absolute atomic E-state index is 0.000506. The fraction of sp³-hybridized carbons (Fsp3) is 0.800. The average molecular weight is 955 g/mol. The predicted molar refractivity (Wildman–Crippen MR) is 229 cm³/mol. The summed E-state index contributed by atoms with van der Waals surface area (Å²) in [5.41, 5.74) is -3.49. The second kappa shape index (κ2) is 25.9. The molecular formula is C40H71IN6O12. The van der Waals surface area contributed by atoms with Crippen LogP contribution in [0.15, 0.2) is 0 Å². The number of amides is 6. The minimum atomic E-state index is -1.24. The molecule has 0 radical (unpaired) electrons. The normalized spacial score (nSPS) is 13.2. The van der Waals surface area contributed by atoms with Crippen LogP contribution in [-0.4, -0.2) is 131 Å². The van der Waals surface area contributed by atoms with Gasteiger partial charge in [-0.1, -0.05) is 78.0 Å². The Morgan fingerprint density at radius 3 is 1.66 bits per heavy atom. The van der Waals surface area contributed by atoms with Gasteiger partial charge in [-0.05, 0) is 51.9 Å². The molecule has 0 bridgehead atoms. The fourth-order valence-electron chi connectivity index (χ4n) is 6.11. The standard InChI is InChI=1S/C40H71IN6O12/c1-26(2)44-29(48)23-47(24-30(49)45-27(3)41)31(50)13-16-42-35(56)39(8,9)15-18-58-20-21-59-19-17-43-34(55)38(6,7)14-12-28(33(53)54)46-36(57)40(10,11)25-37(4,5)22-32(51)52/h26-28H,12-25H2,1-11H3,(H,42,56)(H,43,55)(H,44,48)(H,45,49)(H,46,57)(H,51,52)(H,53,54)/t27?,28-/m0/s1. The van der Waals surface area contributed by atoms with E-state index in [0.29, 0.717) is 6.42 Å². The third-order valence-corrected chi connectivity index (χ3v) is 9.60. The Morgan fingerprint density at radius 1 is 0.644 bits per heavy atom. The number of nitrogens with one attached hydrogen (secondary N) is 5. The molecule has 7 N–H and O–H groups in total. The number of carbonyl (C=O) groups is 8. The maximum absolute atomic E-state index is 13.0. The molecule has 59 heavy (non-hydrogen) atoms. The van der Waals surface area contributed by atoms with Crippen LogP contribution in [0.4, 0.5) is 0 Å². The van der Waals surface area contributed by atoms with Crippen LogP contribution in [-0.2, 0) is 47.8 Å². The van der Waals surface area contributed by atoms with Gasteiger partial charge < -0.3 is 51.2 Å². The van der Waals surface area contributed by atoms with Gasteiger partial charge in [-0.2, -0.15) is 0 Å². The maximum atomic E-state index is 13.0. The van der Waals surface area contributed by atoms with E-state index in [1.54, 1.807) is 76.2 Å². The largest absolute Gasteiger partial charge is 0.481 e. The van der Waals surface area contributed by atoms with Crippen molar-refractivity contribution >= 4 is 70.0 Å². The van der Waals surface area contributed by atoms with E-state index >= 15 is 0 Å². The van der Waals surface area contributed by atoms with Crippen LogP contribution in [0.25, 0.3) is 0 Å². The van der Waals surface area contributed by atoms with Crippen molar-refractivity contribution in [3.8, 4) is 0 Å². The zero-order chi connectivity index (χ0) is 45.8. The first kappa shape index (κ1) is 55.4. The van der Waals surface area contributed by atoms with Gasteiger partial charge in [0.05, 0.1) is 30.3 Å². The smallest absolute Gasteiger partial charge is 0.326 e. The van der Waals surface area contributed by atoms with E-state index in [0.717, 1.165) is 4.90 Å². The molecule has 0 aromatic carbocycles. The lowest BCUT2D eigenvalue weighted by molar-refractivity contribution is -0.145. The van der Waals surface area contributed by atoms with Crippen LogP contribution in [0.3, 0.4) is 0 Å². The number of ether oxygens (including phenoxy) is 2. The number of carbonyl (C=O) groups excluding carboxylic acids is 6. The quantitative estimate of drug-likeness (QED) is 0.0237. The summed E-state index contributed by atoms with van der Waals surface area (Å²) in [5.74, 6) is -4.57. The van der Waals surface area contributed by atoms with Gasteiger partial charge in [-0.15, -0.1) is 0 Å². The number of hydrogen-bond acceptors (Lipinski definition) is 10. The summed E-state index contributed by atoms with van der Waals surface area (Å²) in [6, 6.07) is -1.37. The Balaban J connectivity index is 4.64. The summed E-state index contributed by atoms with van der Waals surface area (Å²) in [6.45, 7) is 19.6. The molecule has 1 unspecified atom stereocenters. The lowest BCUT2D eigenvalue weighted by Gasteiger charge is -2.34. The Kier molecular flexibility index (Phi) is 24.3. The van der Waals surface area contributed by atoms with E-state index < -0.39 is 63.3 Å². The van der Waals surface area contributed by atoms with Gasteiger partial charge in [0.2, 0.25) is 35.4 Å². The SMILES string of the molecule is CC(C)NC(=O)CN(CC(=O)NC(C)I)C(=O)CCNC(=O)C(C)(C)CCOCCOCCNC(=O)C(C)(C)CC[C@H](NC(=O)C(C)(C)CC(C)(C)CC(=O)O)C(=O)O. The van der Waals surface area contributed by atoms with Gasteiger partial charge in [0.1, 0.15) is 19.1 Å². The summed E-state index contributed by atoms with van der Waals surface area (Å²) in [6.07, 6.45) is 0.526. The molecule has 0 aliphatic rings. The summed E-state index contributed by atoms with van der Waals surface area (Å²) < 4.78 is 11.0. The Morgan fingerprint density at radius 2 is 1.15 bits per heavy atom. The number of alkyl halides is 1. The van der Waals surface area contributed by atoms with E-state index in [1.807, 2.05) is 22.6 Å². The molecule has 0 saturated heterocycles. The number of carboxylic acid groups (broad SMARTS) is 2. The molecule has 0 aliphatic heterocycles. The second-order valence-electron chi connectivity index (χ2n) is 17.9. The van der Waals surface area contributed by atoms with Crippen LogP contribution in [0.2, 0.25) is 0 Å². The molecule has 0 aromatic rings. The highest BCUT2D eigenvalue weighted by Gasteiger charge is 2.38. The molecule has 2 atom stereocenters. The zero-order valence-electron chi connectivity index (χ0n) is 36.9. The lowest BCUT2D eigenvalue weighted by Crippen LogP contribution is -2.48. The monoisotopic (exact) mass is 954 g/mol. The Hall–Kier alpha value is -3.59. The number of aliphatic carboxylic acids is 2. The number of nitrogens with zero attached hydrogens (tertiary/aromatic N) is 1. The second-order valence-corrected chi connectivity index (χ2v) is 19.7. The van der Waals surface area contributed by atoms with E-state index in [1.165, 1.54) is 0 Å². The third kappa shape index (κ3) is 24.3. The van der Waals surface area contributed by atoms with Crippen LogP contribution >= 0.6 is 22.6 Å². The molecular weight excluding hydrogens is 883 g/mol. The zero-order valence-corrected chi connectivity index (χ0v) is 39.1. The number of carboxylic acids is 2. The van der Waals surface area contributed by atoms with Crippen LogP contribution < -0.4 is 26.6 Å². The van der Waals surface area contributed by atoms with Gasteiger partial charge in [-0.25, -0.2) is 4.79 Å². The Bertz CT molecular complexity index is 1410. The van der Waals surface area contributed by atoms with Crippen LogP contribution in [0.5, 0.6) is 0 Å². The molecule has 340 valence electrons. The molecule has 0 spiro atoms. The summed E-state index contributed by atoms with van der Waals surface area (Å²) in [5, 5.41) is 32.5. The first-order chi connectivity index (χ1) is 27.0. The van der Waals surface area contributed by atoms with Gasteiger partial charge >= 0.3 is 11.9 Å². The van der Waals surface area contributed by atoms with Gasteiger partial charge in [0.25, 0.3) is 0 Å². The maximum Gasteiger partial charge on any atom is 0.326 e. The third-order valence-electron chi connectivity index (χ3n) is 9.29. The predicted octanol–water partition coefficient (Wildman–Crippen LogP) is 2.60. The molecule has 0 fully saturated rings. The highest BCUT2D eigenvalue weighted by molar-refractivity contribution is 14.1. The average Bonchev–Trinajstić information content (AvgIpc) is 3.06. The highest BCUT2D eigenvalue weighted by atomic mass is 127. The van der Waals surface area contributed by atoms with Crippen LogP contribution in [0.1, 0.15) is 115 Å². The van der Waals surface area contributed by atoms with Crippen molar-refractivity contribution in [2.75, 3.05) is 52.6 Å². The van der Waals surface area contributed by atoms with Gasteiger partial charge in [0, 0.05) is 48.4 Å². The number of hydrogen-bond donors (Lipinski definition) is 7. The Labute approximate surface area is 363 Å². The fourth-order valence-corrected chi connectivity index (χ4v) is 6.46. The topological polar surface area (TPSA) is 259 Å². The van der Waals surface area contributed by atoms with E-state index in [9.17, 15) is 48.6 Å². The van der Waals surface area contributed by atoms with Crippen molar-refractivity contribution in [2.45, 2.75) is 131 Å². The number of halogens is 1. The molecule has 19 heteroatoms. The van der Waals surface area contributed by atoms with Gasteiger partial charge in [0.15, 0.2) is 0 Å². The molecule has 0 saturated carbocycles. The van der Waals surface area contributed by atoms with Crippen molar-refractivity contribution in [1.82, 2.24) is 31.5 Å². The first-order valence-corrected chi connectivity index (χ1v) is 21.2. The first-order valence-electron chi connectivity index (χ1n) is 20.0. The highest BCUT2D eigenvalue weighted by Crippen LogP contribution is 2.36. The van der Waals surface area contributed by atoms with Crippen molar-refractivity contribution in [1.29, 1.82) is 0 Å². The lowest BCUT2D eigenvalue weighted by atomic mass is 9.72. The molecule has 0 aromatic heterocycles. The van der Waals surface area contributed by atoms with Crippen molar-refractivity contribution in [2.24, 2.45) is 21.7 Å². The molecule has 6 amide bonds.